The minimum Gasteiger partial charge on any atom is -0.306 e. The lowest BCUT2D eigenvalue weighted by Crippen LogP contribution is -2.47. The average molecular weight is 396 g/mol. The Balaban J connectivity index is 2.73. The number of urea groups is 2. The topological polar surface area (TPSA) is 95.6 Å². The summed E-state index contributed by atoms with van der Waals surface area (Å²) in [5.41, 5.74) is 0.239. The lowest BCUT2D eigenvalue weighted by molar-refractivity contribution is 0.219. The molecule has 0 saturated heterocycles. The third kappa shape index (κ3) is 6.54. The van der Waals surface area contributed by atoms with E-state index in [0.717, 1.165) is 19.1 Å². The van der Waals surface area contributed by atoms with E-state index in [-0.39, 0.29) is 17.3 Å². The van der Waals surface area contributed by atoms with Crippen molar-refractivity contribution in [3.63, 3.8) is 0 Å². The van der Waals surface area contributed by atoms with Gasteiger partial charge in [-0.1, -0.05) is 43.0 Å². The van der Waals surface area contributed by atoms with E-state index in [1.807, 2.05) is 12.2 Å². The highest BCUT2D eigenvalue weighted by atomic mass is 35.5. The van der Waals surface area contributed by atoms with Crippen molar-refractivity contribution in [3.05, 3.63) is 28.2 Å². The summed E-state index contributed by atoms with van der Waals surface area (Å²) < 4.78 is 24.0. The van der Waals surface area contributed by atoms with E-state index in [1.54, 1.807) is 0 Å². The number of amides is 4. The molecule has 1 aromatic rings. The van der Waals surface area contributed by atoms with Crippen molar-refractivity contribution in [2.45, 2.75) is 26.2 Å². The number of hydrogen-bond donors (Lipinski definition) is 2. The fraction of sp³-hybridized carbons (Fsp3) is 0.429. The summed E-state index contributed by atoms with van der Waals surface area (Å²) in [7, 11) is -3.78. The number of carbonyl (C=O) groups is 2. The molecule has 0 aromatic heterocycles. The lowest BCUT2D eigenvalue weighted by Gasteiger charge is -2.20. The first-order valence-electron chi connectivity index (χ1n) is 7.20. The lowest BCUT2D eigenvalue weighted by atomic mass is 10.2. The number of nitrogens with zero attached hydrogens (tertiary/aromatic N) is 1. The van der Waals surface area contributed by atoms with E-state index in [0.29, 0.717) is 15.7 Å². The zero-order valence-electron chi connectivity index (χ0n) is 13.3. The van der Waals surface area contributed by atoms with Crippen molar-refractivity contribution in [2.75, 3.05) is 18.1 Å². The maximum Gasteiger partial charge on any atom is 0.339 e. The molecule has 2 N–H and O–H groups in total. The quantitative estimate of drug-likeness (QED) is 0.717. The smallest absolute Gasteiger partial charge is 0.306 e. The van der Waals surface area contributed by atoms with Crippen molar-refractivity contribution in [3.8, 4) is 0 Å². The number of anilines is 1. The molecule has 0 spiro atoms. The average Bonchev–Trinajstić information content (AvgIpc) is 2.45. The van der Waals surface area contributed by atoms with Crippen molar-refractivity contribution >= 4 is 51.0 Å². The Hall–Kier alpha value is -1.51. The van der Waals surface area contributed by atoms with Crippen LogP contribution in [0.3, 0.4) is 0 Å². The van der Waals surface area contributed by atoms with Crippen molar-refractivity contribution in [2.24, 2.45) is 0 Å². The monoisotopic (exact) mass is 395 g/mol. The van der Waals surface area contributed by atoms with Crippen LogP contribution in [0.4, 0.5) is 15.3 Å². The second-order valence-corrected chi connectivity index (χ2v) is 7.80. The highest BCUT2D eigenvalue weighted by Crippen LogP contribution is 2.25. The van der Waals surface area contributed by atoms with Gasteiger partial charge < -0.3 is 5.32 Å². The number of nitrogens with one attached hydrogen (secondary N) is 2. The predicted molar refractivity (Wildman–Crippen MR) is 95.1 cm³/mol. The minimum absolute atomic E-state index is 0.00743. The van der Waals surface area contributed by atoms with Crippen LogP contribution in [0, 0.1) is 0 Å². The summed E-state index contributed by atoms with van der Waals surface area (Å²) in [5, 5.41) is 4.91. The SMILES string of the molecule is CCCCCN(C(=O)NC(=O)Nc1ccc(Cl)cc1Cl)S(C)(=O)=O. The third-order valence-electron chi connectivity index (χ3n) is 2.99. The first-order chi connectivity index (χ1) is 11.1. The molecule has 24 heavy (non-hydrogen) atoms. The Morgan fingerprint density at radius 2 is 1.88 bits per heavy atom. The molecule has 1 rings (SSSR count). The van der Waals surface area contributed by atoms with E-state index in [2.05, 4.69) is 5.32 Å². The number of imide groups is 1. The Morgan fingerprint density at radius 1 is 1.21 bits per heavy atom. The molecule has 7 nitrogen and oxygen atoms in total. The molecule has 0 unspecified atom stereocenters. The van der Waals surface area contributed by atoms with Crippen LogP contribution in [0.1, 0.15) is 26.2 Å². The molecule has 0 heterocycles. The number of sulfonamides is 1. The first kappa shape index (κ1) is 20.5. The van der Waals surface area contributed by atoms with E-state index in [9.17, 15) is 18.0 Å². The fourth-order valence-corrected chi connectivity index (χ4v) is 3.09. The van der Waals surface area contributed by atoms with Crippen molar-refractivity contribution in [1.29, 1.82) is 0 Å². The molecule has 10 heteroatoms. The van der Waals surface area contributed by atoms with Gasteiger partial charge in [0.15, 0.2) is 0 Å². The number of halogens is 2. The Kier molecular flexibility index (Phi) is 7.78. The molecular weight excluding hydrogens is 377 g/mol. The molecule has 0 aliphatic rings. The summed E-state index contributed by atoms with van der Waals surface area (Å²) >= 11 is 11.7. The molecule has 1 aromatic carbocycles. The van der Waals surface area contributed by atoms with Crippen LogP contribution in [0.5, 0.6) is 0 Å². The predicted octanol–water partition coefficient (Wildman–Crippen LogP) is 3.69. The fourth-order valence-electron chi connectivity index (χ4n) is 1.83. The van der Waals surface area contributed by atoms with E-state index in [4.69, 9.17) is 23.2 Å². The van der Waals surface area contributed by atoms with E-state index in [1.165, 1.54) is 18.2 Å². The molecular formula is C14H19Cl2N3O4S. The Labute approximate surface area is 151 Å². The number of unbranched alkanes of at least 4 members (excludes halogenated alkanes) is 2. The number of hydrogen-bond acceptors (Lipinski definition) is 4. The summed E-state index contributed by atoms with van der Waals surface area (Å²) in [5.74, 6) is 0. The van der Waals surface area contributed by atoms with Gasteiger partial charge in [-0.15, -0.1) is 0 Å². The summed E-state index contributed by atoms with van der Waals surface area (Å²) in [6.45, 7) is 1.96. The first-order valence-corrected chi connectivity index (χ1v) is 9.80. The van der Waals surface area contributed by atoms with Gasteiger partial charge in [-0.25, -0.2) is 22.3 Å². The summed E-state index contributed by atoms with van der Waals surface area (Å²) in [6, 6.07) is 2.49. The molecule has 0 bridgehead atoms. The Bertz CT molecular complexity index is 710. The van der Waals surface area contributed by atoms with Crippen molar-refractivity contribution < 1.29 is 18.0 Å². The van der Waals surface area contributed by atoms with Gasteiger partial charge in [0.25, 0.3) is 0 Å². The maximum atomic E-state index is 12.0. The molecule has 0 aliphatic heterocycles. The van der Waals surface area contributed by atoms with Gasteiger partial charge in [-0.2, -0.15) is 0 Å². The third-order valence-corrected chi connectivity index (χ3v) is 4.69. The standard InChI is InChI=1S/C14H19Cl2N3O4S/c1-3-4-5-8-19(24(2,22)23)14(21)18-13(20)17-12-7-6-10(15)9-11(12)16/h6-7,9H,3-5,8H2,1-2H3,(H2,17,18,20,21). The summed E-state index contributed by atoms with van der Waals surface area (Å²) in [4.78, 5) is 23.9. The highest BCUT2D eigenvalue weighted by Gasteiger charge is 2.24. The second-order valence-electron chi connectivity index (χ2n) is 5.05. The maximum absolute atomic E-state index is 12.0. The van der Waals surface area contributed by atoms with Crippen LogP contribution >= 0.6 is 23.2 Å². The van der Waals surface area contributed by atoms with Gasteiger partial charge in [-0.05, 0) is 24.6 Å². The zero-order valence-corrected chi connectivity index (χ0v) is 15.6. The van der Waals surface area contributed by atoms with Gasteiger partial charge in [0, 0.05) is 11.6 Å². The van der Waals surface area contributed by atoms with E-state index >= 15 is 0 Å². The van der Waals surface area contributed by atoms with Crippen LogP contribution in [-0.4, -0.2) is 37.6 Å². The normalized spacial score (nSPS) is 11.0. The van der Waals surface area contributed by atoms with Gasteiger partial charge in [0.1, 0.15) is 0 Å². The molecule has 0 fully saturated rings. The van der Waals surface area contributed by atoms with Gasteiger partial charge in [0.05, 0.1) is 17.0 Å². The Morgan fingerprint density at radius 3 is 2.42 bits per heavy atom. The summed E-state index contributed by atoms with van der Waals surface area (Å²) in [6.07, 6.45) is 3.06. The molecule has 0 radical (unpaired) electrons. The molecule has 0 aliphatic carbocycles. The van der Waals surface area contributed by atoms with Crippen LogP contribution in [0.15, 0.2) is 18.2 Å². The molecule has 0 saturated carbocycles. The molecule has 0 atom stereocenters. The molecule has 4 amide bonds. The van der Waals surface area contributed by atoms with Crippen LogP contribution in [0.25, 0.3) is 0 Å². The van der Waals surface area contributed by atoms with Gasteiger partial charge >= 0.3 is 12.1 Å². The second kappa shape index (κ2) is 9.10. The number of carbonyl (C=O) groups excluding carboxylic acids is 2. The zero-order chi connectivity index (χ0) is 18.3. The number of rotatable bonds is 6. The van der Waals surface area contributed by atoms with Crippen molar-refractivity contribution in [1.82, 2.24) is 9.62 Å². The van der Waals surface area contributed by atoms with Gasteiger partial charge in [-0.3, -0.25) is 5.32 Å². The minimum atomic E-state index is -3.78. The van der Waals surface area contributed by atoms with Gasteiger partial charge in [0.2, 0.25) is 10.0 Å². The van der Waals surface area contributed by atoms with Crippen LogP contribution in [-0.2, 0) is 10.0 Å². The number of benzene rings is 1. The van der Waals surface area contributed by atoms with Crippen LogP contribution in [0.2, 0.25) is 10.0 Å². The van der Waals surface area contributed by atoms with E-state index < -0.39 is 22.1 Å². The largest absolute Gasteiger partial charge is 0.339 e. The molecule has 134 valence electrons. The highest BCUT2D eigenvalue weighted by molar-refractivity contribution is 7.88. The van der Waals surface area contributed by atoms with Crippen LogP contribution < -0.4 is 10.6 Å².